The van der Waals surface area contributed by atoms with Gasteiger partial charge in [-0.3, -0.25) is 0 Å². The zero-order valence-electron chi connectivity index (χ0n) is 6.49. The van der Waals surface area contributed by atoms with Gasteiger partial charge in [0.2, 0.25) is 0 Å². The first-order valence-corrected chi connectivity index (χ1v) is 3.79. The first-order valence-electron chi connectivity index (χ1n) is 3.79. The molecule has 0 spiro atoms. The third-order valence-corrected chi connectivity index (χ3v) is 1.74. The highest BCUT2D eigenvalue weighted by molar-refractivity contribution is 5.82. The summed E-state index contributed by atoms with van der Waals surface area (Å²) in [4.78, 5) is 10.7. The van der Waals surface area contributed by atoms with Crippen molar-refractivity contribution in [1.29, 1.82) is 0 Å². The third-order valence-electron chi connectivity index (χ3n) is 1.74. The van der Waals surface area contributed by atoms with Crippen LogP contribution in [0.4, 0.5) is 0 Å². The van der Waals surface area contributed by atoms with Gasteiger partial charge in [0.05, 0.1) is 6.10 Å². The Balaban J connectivity index is 2.49. The number of ether oxygens (including phenoxy) is 1. The van der Waals surface area contributed by atoms with Crippen LogP contribution >= 0.6 is 0 Å². The van der Waals surface area contributed by atoms with E-state index in [9.17, 15) is 9.90 Å². The van der Waals surface area contributed by atoms with Gasteiger partial charge in [0.25, 0.3) is 0 Å². The fraction of sp³-hybridized carbons (Fsp3) is 0.625. The van der Waals surface area contributed by atoms with E-state index in [1.165, 1.54) is 6.08 Å². The predicted molar refractivity (Wildman–Crippen MR) is 39.9 cm³/mol. The quantitative estimate of drug-likeness (QED) is 0.596. The standard InChI is InChI=1S/C8H12O3/c1-2-6(9)7-4-3-5-8(10)11-7/h3,5-7,9H,2,4H2,1H3/t6-,7?/m1/s1. The Hall–Kier alpha value is -0.830. The minimum atomic E-state index is -0.524. The van der Waals surface area contributed by atoms with E-state index >= 15 is 0 Å². The molecule has 0 fully saturated rings. The van der Waals surface area contributed by atoms with Crippen LogP contribution in [0.2, 0.25) is 0 Å². The number of aliphatic hydroxyl groups excluding tert-OH is 1. The molecule has 1 heterocycles. The molecular formula is C8H12O3. The zero-order chi connectivity index (χ0) is 8.27. The Morgan fingerprint density at radius 3 is 3.18 bits per heavy atom. The van der Waals surface area contributed by atoms with Crippen molar-refractivity contribution in [1.82, 2.24) is 0 Å². The second kappa shape index (κ2) is 3.53. The summed E-state index contributed by atoms with van der Waals surface area (Å²) in [6, 6.07) is 0. The number of cyclic esters (lactones) is 1. The average molecular weight is 156 g/mol. The van der Waals surface area contributed by atoms with Gasteiger partial charge in [-0.05, 0) is 6.42 Å². The van der Waals surface area contributed by atoms with Gasteiger partial charge in [0, 0.05) is 12.5 Å². The van der Waals surface area contributed by atoms with Crippen molar-refractivity contribution in [3.8, 4) is 0 Å². The van der Waals surface area contributed by atoms with Gasteiger partial charge in [-0.15, -0.1) is 0 Å². The van der Waals surface area contributed by atoms with Crippen LogP contribution in [0.3, 0.4) is 0 Å². The normalized spacial score (nSPS) is 26.4. The van der Waals surface area contributed by atoms with Crippen LogP contribution in [0.1, 0.15) is 19.8 Å². The molecule has 0 saturated carbocycles. The smallest absolute Gasteiger partial charge is 0.330 e. The SMILES string of the molecule is CC[C@@H](O)C1CC=CC(=O)O1. The number of rotatable bonds is 2. The van der Waals surface area contributed by atoms with Gasteiger partial charge in [-0.2, -0.15) is 0 Å². The monoisotopic (exact) mass is 156 g/mol. The van der Waals surface area contributed by atoms with Gasteiger partial charge >= 0.3 is 5.97 Å². The molecule has 11 heavy (non-hydrogen) atoms. The van der Waals surface area contributed by atoms with E-state index in [1.54, 1.807) is 6.08 Å². The molecule has 0 radical (unpaired) electrons. The van der Waals surface area contributed by atoms with E-state index in [1.807, 2.05) is 6.92 Å². The molecular weight excluding hydrogens is 144 g/mol. The molecule has 62 valence electrons. The first kappa shape index (κ1) is 8.27. The Morgan fingerprint density at radius 1 is 1.91 bits per heavy atom. The largest absolute Gasteiger partial charge is 0.456 e. The first-order chi connectivity index (χ1) is 5.24. The van der Waals surface area contributed by atoms with E-state index in [2.05, 4.69) is 0 Å². The van der Waals surface area contributed by atoms with Gasteiger partial charge in [-0.1, -0.05) is 13.0 Å². The highest BCUT2D eigenvalue weighted by Gasteiger charge is 2.22. The van der Waals surface area contributed by atoms with Crippen LogP contribution in [-0.2, 0) is 9.53 Å². The fourth-order valence-electron chi connectivity index (χ4n) is 1.03. The van der Waals surface area contributed by atoms with Crippen molar-refractivity contribution >= 4 is 5.97 Å². The minimum Gasteiger partial charge on any atom is -0.456 e. The number of esters is 1. The maximum atomic E-state index is 10.7. The van der Waals surface area contributed by atoms with Crippen LogP contribution < -0.4 is 0 Å². The van der Waals surface area contributed by atoms with E-state index in [0.717, 1.165) is 0 Å². The third kappa shape index (κ3) is 2.05. The Labute approximate surface area is 65.7 Å². The summed E-state index contributed by atoms with van der Waals surface area (Å²) in [5.74, 6) is -0.353. The van der Waals surface area contributed by atoms with Gasteiger partial charge < -0.3 is 9.84 Å². The summed E-state index contributed by atoms with van der Waals surface area (Å²) in [5, 5.41) is 9.29. The summed E-state index contributed by atoms with van der Waals surface area (Å²) >= 11 is 0. The molecule has 0 bridgehead atoms. The van der Waals surface area contributed by atoms with Crippen molar-refractivity contribution in [3.63, 3.8) is 0 Å². The van der Waals surface area contributed by atoms with E-state index < -0.39 is 6.10 Å². The van der Waals surface area contributed by atoms with E-state index in [-0.39, 0.29) is 12.1 Å². The van der Waals surface area contributed by atoms with Crippen LogP contribution in [0, 0.1) is 0 Å². The van der Waals surface area contributed by atoms with E-state index in [0.29, 0.717) is 12.8 Å². The number of hydrogen-bond acceptors (Lipinski definition) is 3. The molecule has 1 aliphatic heterocycles. The molecule has 1 aliphatic rings. The lowest BCUT2D eigenvalue weighted by Crippen LogP contribution is -2.31. The van der Waals surface area contributed by atoms with Crippen molar-refractivity contribution < 1.29 is 14.6 Å². The highest BCUT2D eigenvalue weighted by Crippen LogP contribution is 2.13. The summed E-state index contributed by atoms with van der Waals surface area (Å²) in [5.41, 5.74) is 0. The van der Waals surface area contributed by atoms with Crippen LogP contribution in [0.5, 0.6) is 0 Å². The molecule has 1 N–H and O–H groups in total. The van der Waals surface area contributed by atoms with Crippen molar-refractivity contribution in [2.45, 2.75) is 32.0 Å². The molecule has 3 nitrogen and oxygen atoms in total. The molecule has 2 atom stereocenters. The Morgan fingerprint density at radius 2 is 2.64 bits per heavy atom. The summed E-state index contributed by atoms with van der Waals surface area (Å²) < 4.78 is 4.86. The lowest BCUT2D eigenvalue weighted by Gasteiger charge is -2.22. The molecule has 0 aromatic carbocycles. The van der Waals surface area contributed by atoms with Crippen LogP contribution in [-0.4, -0.2) is 23.3 Å². The second-order valence-corrected chi connectivity index (χ2v) is 2.59. The molecule has 0 aromatic rings. The Kier molecular flexibility index (Phi) is 2.65. The molecule has 1 rings (SSSR count). The highest BCUT2D eigenvalue weighted by atomic mass is 16.6. The van der Waals surface area contributed by atoms with Crippen LogP contribution in [0.15, 0.2) is 12.2 Å². The number of aliphatic hydroxyl groups is 1. The lowest BCUT2D eigenvalue weighted by molar-refractivity contribution is -0.150. The molecule has 0 saturated heterocycles. The number of carbonyl (C=O) groups is 1. The zero-order valence-corrected chi connectivity index (χ0v) is 6.49. The maximum Gasteiger partial charge on any atom is 0.330 e. The molecule has 0 aromatic heterocycles. The fourth-order valence-corrected chi connectivity index (χ4v) is 1.03. The number of carbonyl (C=O) groups excluding carboxylic acids is 1. The summed E-state index contributed by atoms with van der Waals surface area (Å²) in [6.07, 6.45) is 3.50. The molecule has 0 amide bonds. The van der Waals surface area contributed by atoms with Crippen molar-refractivity contribution in [2.75, 3.05) is 0 Å². The number of hydrogen-bond donors (Lipinski definition) is 1. The van der Waals surface area contributed by atoms with Crippen molar-refractivity contribution in [2.24, 2.45) is 0 Å². The van der Waals surface area contributed by atoms with Gasteiger partial charge in [-0.25, -0.2) is 4.79 Å². The van der Waals surface area contributed by atoms with Gasteiger partial charge in [0.1, 0.15) is 6.10 Å². The lowest BCUT2D eigenvalue weighted by atomic mass is 10.1. The molecule has 3 heteroatoms. The average Bonchev–Trinajstić information content (AvgIpc) is 2.03. The second-order valence-electron chi connectivity index (χ2n) is 2.59. The topological polar surface area (TPSA) is 46.5 Å². The minimum absolute atomic E-state index is 0.336. The van der Waals surface area contributed by atoms with Gasteiger partial charge in [0.15, 0.2) is 0 Å². The van der Waals surface area contributed by atoms with Crippen LogP contribution in [0.25, 0.3) is 0 Å². The molecule has 0 aliphatic carbocycles. The Bertz CT molecular complexity index is 174. The summed E-state index contributed by atoms with van der Waals surface area (Å²) in [7, 11) is 0. The maximum absolute atomic E-state index is 10.7. The predicted octanol–water partition coefficient (Wildman–Crippen LogP) is 0.629. The van der Waals surface area contributed by atoms with E-state index in [4.69, 9.17) is 4.74 Å². The molecule has 1 unspecified atom stereocenters. The van der Waals surface area contributed by atoms with Crippen molar-refractivity contribution in [3.05, 3.63) is 12.2 Å². The summed E-state index contributed by atoms with van der Waals surface area (Å²) in [6.45, 7) is 1.86.